The molecule has 1 aliphatic rings. The molecular weight excluding hydrogens is 391 g/mol. The van der Waals surface area contributed by atoms with Gasteiger partial charge in [-0.1, -0.05) is 31.5 Å². The van der Waals surface area contributed by atoms with Crippen LogP contribution in [0.15, 0.2) is 35.5 Å². The van der Waals surface area contributed by atoms with Gasteiger partial charge in [0.1, 0.15) is 6.23 Å². The maximum absolute atomic E-state index is 10.4. The maximum Gasteiger partial charge on any atom is 0.196 e. The van der Waals surface area contributed by atoms with Crippen LogP contribution in [0.25, 0.3) is 10.9 Å². The number of guanidine groups is 1. The van der Waals surface area contributed by atoms with Crippen molar-refractivity contribution >= 4 is 40.8 Å². The summed E-state index contributed by atoms with van der Waals surface area (Å²) in [5.41, 5.74) is 2.30. The zero-order chi connectivity index (χ0) is 14.7. The first kappa shape index (κ1) is 17.1. The van der Waals surface area contributed by atoms with E-state index in [1.54, 1.807) is 0 Å². The van der Waals surface area contributed by atoms with Crippen molar-refractivity contribution in [3.05, 3.63) is 36.0 Å². The molecule has 1 aromatic heterocycles. The van der Waals surface area contributed by atoms with E-state index in [0.29, 0.717) is 6.54 Å². The number of fused-ring (bicyclic) bond motifs is 1. The van der Waals surface area contributed by atoms with Crippen LogP contribution in [0.3, 0.4) is 0 Å². The number of aromatic nitrogens is 1. The molecule has 120 valence electrons. The van der Waals surface area contributed by atoms with Gasteiger partial charge < -0.3 is 20.3 Å². The number of hydrogen-bond donors (Lipinski definition) is 3. The van der Waals surface area contributed by atoms with Gasteiger partial charge in [-0.25, -0.2) is 0 Å². The number of nitrogens with one attached hydrogen (secondary N) is 2. The van der Waals surface area contributed by atoms with Gasteiger partial charge in [-0.3, -0.25) is 4.99 Å². The second kappa shape index (κ2) is 7.82. The van der Waals surface area contributed by atoms with E-state index in [1.807, 2.05) is 23.2 Å². The van der Waals surface area contributed by atoms with Crippen LogP contribution in [0.1, 0.15) is 25.3 Å². The summed E-state index contributed by atoms with van der Waals surface area (Å²) >= 11 is 0. The minimum absolute atomic E-state index is 0. The molecule has 0 amide bonds. The fourth-order valence-electron chi connectivity index (χ4n) is 2.76. The number of aliphatic hydroxyl groups is 1. The predicted octanol–water partition coefficient (Wildman–Crippen LogP) is 2.67. The molecule has 1 unspecified atom stereocenters. The second-order valence-corrected chi connectivity index (χ2v) is 5.39. The van der Waals surface area contributed by atoms with Crippen molar-refractivity contribution < 1.29 is 5.11 Å². The third-order valence-corrected chi connectivity index (χ3v) is 3.85. The summed E-state index contributed by atoms with van der Waals surface area (Å²) in [6, 6.07) is 8.24. The first-order valence-electron chi connectivity index (χ1n) is 7.57. The second-order valence-electron chi connectivity index (χ2n) is 5.39. The van der Waals surface area contributed by atoms with Gasteiger partial charge in [-0.05, 0) is 18.1 Å². The fourth-order valence-corrected chi connectivity index (χ4v) is 2.76. The molecule has 0 aliphatic carbocycles. The lowest BCUT2D eigenvalue weighted by Gasteiger charge is -2.29. The van der Waals surface area contributed by atoms with E-state index in [1.165, 1.54) is 10.9 Å². The number of benzene rings is 1. The first-order chi connectivity index (χ1) is 10.3. The Labute approximate surface area is 147 Å². The Morgan fingerprint density at radius 1 is 1.36 bits per heavy atom. The molecule has 3 N–H and O–H groups in total. The molecule has 2 heterocycles. The lowest BCUT2D eigenvalue weighted by molar-refractivity contribution is 0.0389. The van der Waals surface area contributed by atoms with Crippen LogP contribution in [-0.4, -0.2) is 40.3 Å². The molecule has 2 aromatic rings. The highest BCUT2D eigenvalue weighted by Gasteiger charge is 2.22. The molecule has 3 rings (SSSR count). The fraction of sp³-hybridized carbons (Fsp3) is 0.438. The number of rotatable bonds is 5. The number of aromatic amines is 1. The number of hydrogen-bond acceptors (Lipinski definition) is 4. The third kappa shape index (κ3) is 3.55. The van der Waals surface area contributed by atoms with E-state index in [4.69, 9.17) is 0 Å². The van der Waals surface area contributed by atoms with E-state index < -0.39 is 6.23 Å². The van der Waals surface area contributed by atoms with Gasteiger partial charge >= 0.3 is 0 Å². The Bertz CT molecular complexity index is 640. The van der Waals surface area contributed by atoms with Crippen molar-refractivity contribution in [2.75, 3.05) is 13.1 Å². The Hall–Kier alpha value is -1.28. The summed E-state index contributed by atoms with van der Waals surface area (Å²) < 4.78 is 0. The van der Waals surface area contributed by atoms with Gasteiger partial charge in [0.25, 0.3) is 0 Å². The Morgan fingerprint density at radius 2 is 2.18 bits per heavy atom. The van der Waals surface area contributed by atoms with Gasteiger partial charge in [0.2, 0.25) is 0 Å². The number of aliphatic hydroxyl groups excluding tert-OH is 1. The summed E-state index contributed by atoms with van der Waals surface area (Å²) in [7, 11) is 0. The highest BCUT2D eigenvalue weighted by Crippen LogP contribution is 2.21. The van der Waals surface area contributed by atoms with Crippen molar-refractivity contribution in [3.63, 3.8) is 0 Å². The molecule has 22 heavy (non-hydrogen) atoms. The Morgan fingerprint density at radius 3 is 2.91 bits per heavy atom. The molecule has 1 aliphatic heterocycles. The molecule has 1 atom stereocenters. The van der Waals surface area contributed by atoms with E-state index in [9.17, 15) is 5.11 Å². The lowest BCUT2D eigenvalue weighted by atomic mass is 10.1. The van der Waals surface area contributed by atoms with E-state index >= 15 is 0 Å². The van der Waals surface area contributed by atoms with Crippen LogP contribution in [0.4, 0.5) is 0 Å². The van der Waals surface area contributed by atoms with E-state index in [2.05, 4.69) is 34.3 Å². The summed E-state index contributed by atoms with van der Waals surface area (Å²) in [6.45, 7) is 4.35. The van der Waals surface area contributed by atoms with Crippen LogP contribution in [0.5, 0.6) is 0 Å². The molecule has 1 aromatic carbocycles. The standard InChI is InChI=1S/C16H22N4O.HI/c1-2-5-15(21)20(16-17-8-9-18-16)11-12-10-19-14-7-4-3-6-13(12)14;/h3-4,6-7,10,15,19,21H,2,5,8-9,11H2,1H3,(H,17,18);1H. The van der Waals surface area contributed by atoms with Crippen molar-refractivity contribution in [3.8, 4) is 0 Å². The van der Waals surface area contributed by atoms with Crippen molar-refractivity contribution in [2.45, 2.75) is 32.5 Å². The van der Waals surface area contributed by atoms with Gasteiger partial charge in [0.05, 0.1) is 13.1 Å². The summed E-state index contributed by atoms with van der Waals surface area (Å²) in [4.78, 5) is 9.71. The molecule has 0 spiro atoms. The van der Waals surface area contributed by atoms with Crippen LogP contribution < -0.4 is 5.32 Å². The quantitative estimate of drug-likeness (QED) is 0.521. The van der Waals surface area contributed by atoms with Crippen molar-refractivity contribution in [2.24, 2.45) is 4.99 Å². The van der Waals surface area contributed by atoms with Gasteiger partial charge in [0, 0.05) is 23.6 Å². The number of para-hydroxylation sites is 1. The van der Waals surface area contributed by atoms with Crippen LogP contribution in [0, 0.1) is 0 Å². The molecule has 0 radical (unpaired) electrons. The van der Waals surface area contributed by atoms with Crippen molar-refractivity contribution in [1.29, 1.82) is 0 Å². The smallest absolute Gasteiger partial charge is 0.196 e. The maximum atomic E-state index is 10.4. The largest absolute Gasteiger partial charge is 0.374 e. The Kier molecular flexibility index (Phi) is 6.07. The molecular formula is C16H23IN4O. The zero-order valence-electron chi connectivity index (χ0n) is 12.7. The minimum Gasteiger partial charge on any atom is -0.374 e. The van der Waals surface area contributed by atoms with Crippen LogP contribution in [-0.2, 0) is 6.54 Å². The number of aliphatic imine (C=N–C) groups is 1. The topological polar surface area (TPSA) is 63.6 Å². The van der Waals surface area contributed by atoms with E-state index in [0.717, 1.165) is 37.4 Å². The van der Waals surface area contributed by atoms with Crippen LogP contribution >= 0.6 is 24.0 Å². The monoisotopic (exact) mass is 414 g/mol. The zero-order valence-corrected chi connectivity index (χ0v) is 15.1. The van der Waals surface area contributed by atoms with Crippen LogP contribution in [0.2, 0.25) is 0 Å². The number of H-pyrrole nitrogens is 1. The van der Waals surface area contributed by atoms with Gasteiger partial charge in [0.15, 0.2) is 5.96 Å². The normalized spacial score (nSPS) is 15.1. The molecule has 0 saturated heterocycles. The molecule has 5 nitrogen and oxygen atoms in total. The van der Waals surface area contributed by atoms with E-state index in [-0.39, 0.29) is 24.0 Å². The Balaban J connectivity index is 0.00000176. The highest BCUT2D eigenvalue weighted by atomic mass is 127. The first-order valence-corrected chi connectivity index (χ1v) is 7.57. The lowest BCUT2D eigenvalue weighted by Crippen LogP contribution is -2.44. The minimum atomic E-state index is -0.506. The highest BCUT2D eigenvalue weighted by molar-refractivity contribution is 14.0. The summed E-state index contributed by atoms with van der Waals surface area (Å²) in [6.07, 6.45) is 3.20. The molecule has 0 fully saturated rings. The van der Waals surface area contributed by atoms with Gasteiger partial charge in [-0.15, -0.1) is 24.0 Å². The molecule has 6 heteroatoms. The number of nitrogens with zero attached hydrogens (tertiary/aromatic N) is 2. The SMILES string of the molecule is CCCC(O)N(Cc1c[nH]c2ccccc12)C1=NCCN1.I. The average molecular weight is 414 g/mol. The van der Waals surface area contributed by atoms with Gasteiger partial charge in [-0.2, -0.15) is 0 Å². The van der Waals surface area contributed by atoms with Crippen molar-refractivity contribution in [1.82, 2.24) is 15.2 Å². The average Bonchev–Trinajstić information content (AvgIpc) is 3.15. The summed E-state index contributed by atoms with van der Waals surface area (Å²) in [5.74, 6) is 0.807. The predicted molar refractivity (Wildman–Crippen MR) is 100 cm³/mol. The molecule has 0 bridgehead atoms. The summed E-state index contributed by atoms with van der Waals surface area (Å²) in [5, 5.41) is 14.9. The molecule has 0 saturated carbocycles. The number of halogens is 1. The third-order valence-electron chi connectivity index (χ3n) is 3.85.